The van der Waals surface area contributed by atoms with Gasteiger partial charge in [-0.05, 0) is 13.8 Å². The van der Waals surface area contributed by atoms with Gasteiger partial charge in [0.05, 0.1) is 19.9 Å². The molecule has 0 radical (unpaired) electrons. The molecule has 0 amide bonds. The Kier molecular flexibility index (Phi) is 5.72. The van der Waals surface area contributed by atoms with E-state index in [0.29, 0.717) is 13.2 Å². The Labute approximate surface area is 66.8 Å². The van der Waals surface area contributed by atoms with Crippen LogP contribution in [-0.2, 0) is 13.6 Å². The van der Waals surface area contributed by atoms with Crippen molar-refractivity contribution in [3.05, 3.63) is 0 Å². The zero-order valence-electron chi connectivity index (χ0n) is 6.87. The first-order chi connectivity index (χ1) is 5.18. The second kappa shape index (κ2) is 5.69. The van der Waals surface area contributed by atoms with E-state index in [9.17, 15) is 4.57 Å². The fourth-order valence-electron chi connectivity index (χ4n) is 0.580. The zero-order chi connectivity index (χ0) is 8.74. The minimum absolute atomic E-state index is 0.0806. The Balaban J connectivity index is 3.91. The number of rotatable bonds is 6. The Morgan fingerprint density at radius 2 is 1.82 bits per heavy atom. The quantitative estimate of drug-likeness (QED) is 0.466. The minimum Gasteiger partial charge on any atom is -0.318 e. The van der Waals surface area contributed by atoms with Crippen molar-refractivity contribution < 1.29 is 13.6 Å². The van der Waals surface area contributed by atoms with Gasteiger partial charge in [-0.1, -0.05) is 0 Å². The highest BCUT2D eigenvalue weighted by atomic mass is 31.2. The number of nitrogens with two attached hydrogens (primary N) is 1. The van der Waals surface area contributed by atoms with E-state index in [4.69, 9.17) is 14.8 Å². The van der Waals surface area contributed by atoms with Crippen LogP contribution >= 0.6 is 7.75 Å². The molecule has 0 aliphatic carbocycles. The normalized spacial score (nSPS) is 11.9. The maximum Gasteiger partial charge on any atom is 0.406 e. The summed E-state index contributed by atoms with van der Waals surface area (Å²) in [5.41, 5.74) is 5.13. The molecule has 68 valence electrons. The van der Waals surface area contributed by atoms with Gasteiger partial charge in [-0.2, -0.15) is 0 Å². The summed E-state index contributed by atoms with van der Waals surface area (Å²) in [6, 6.07) is 0. The molecule has 0 bridgehead atoms. The van der Waals surface area contributed by atoms with Crippen LogP contribution in [-0.4, -0.2) is 19.9 Å². The first-order valence-corrected chi connectivity index (χ1v) is 5.07. The molecule has 0 heterocycles. The van der Waals surface area contributed by atoms with Gasteiger partial charge in [-0.25, -0.2) is 9.65 Å². The zero-order valence-corrected chi connectivity index (χ0v) is 7.77. The molecule has 5 nitrogen and oxygen atoms in total. The van der Waals surface area contributed by atoms with E-state index in [1.807, 2.05) is 0 Å². The lowest BCUT2D eigenvalue weighted by molar-refractivity contribution is 0.211. The smallest absolute Gasteiger partial charge is 0.318 e. The summed E-state index contributed by atoms with van der Waals surface area (Å²) in [4.78, 5) is 0. The van der Waals surface area contributed by atoms with Crippen LogP contribution in [0, 0.1) is 0 Å². The minimum atomic E-state index is -3.09. The molecular formula is C5H15N2O3P. The van der Waals surface area contributed by atoms with Crippen molar-refractivity contribution in [3.8, 4) is 0 Å². The van der Waals surface area contributed by atoms with Crippen LogP contribution < -0.4 is 10.8 Å². The van der Waals surface area contributed by atoms with Gasteiger partial charge in [0, 0.05) is 0 Å². The lowest BCUT2D eigenvalue weighted by Gasteiger charge is -2.15. The molecular weight excluding hydrogens is 167 g/mol. The summed E-state index contributed by atoms with van der Waals surface area (Å²) in [5.74, 6) is 0. The number of nitrogens with one attached hydrogen (secondary N) is 1. The summed E-state index contributed by atoms with van der Waals surface area (Å²) in [6.45, 7) is 4.24. The number of hydrogen-bond donors (Lipinski definition) is 2. The summed E-state index contributed by atoms with van der Waals surface area (Å²) in [5, 5.41) is 2.45. The molecule has 0 rings (SSSR count). The van der Waals surface area contributed by atoms with E-state index in [1.165, 1.54) is 0 Å². The standard InChI is InChI=1S/C5H15N2O3P/c1-3-9-11(8,7-5-6)10-4-2/h3-6H2,1-2H3,(H,7,8). The van der Waals surface area contributed by atoms with Crippen molar-refractivity contribution in [2.75, 3.05) is 19.9 Å². The van der Waals surface area contributed by atoms with E-state index in [-0.39, 0.29) is 6.67 Å². The average Bonchev–Trinajstić information content (AvgIpc) is 1.88. The molecule has 0 aliphatic heterocycles. The Bertz CT molecular complexity index is 118. The highest BCUT2D eigenvalue weighted by molar-refractivity contribution is 7.51. The molecule has 3 N–H and O–H groups in total. The van der Waals surface area contributed by atoms with Crippen LogP contribution in [0.2, 0.25) is 0 Å². The van der Waals surface area contributed by atoms with Gasteiger partial charge < -0.3 is 5.73 Å². The second-order valence-electron chi connectivity index (χ2n) is 1.70. The van der Waals surface area contributed by atoms with Crippen molar-refractivity contribution in [1.29, 1.82) is 0 Å². The molecule has 0 aliphatic rings. The van der Waals surface area contributed by atoms with Gasteiger partial charge in [0.25, 0.3) is 0 Å². The van der Waals surface area contributed by atoms with E-state index in [0.717, 1.165) is 0 Å². The van der Waals surface area contributed by atoms with Crippen molar-refractivity contribution in [1.82, 2.24) is 5.09 Å². The van der Waals surface area contributed by atoms with Crippen molar-refractivity contribution >= 4 is 7.75 Å². The highest BCUT2D eigenvalue weighted by Gasteiger charge is 2.21. The highest BCUT2D eigenvalue weighted by Crippen LogP contribution is 2.42. The van der Waals surface area contributed by atoms with Crippen molar-refractivity contribution in [2.45, 2.75) is 13.8 Å². The van der Waals surface area contributed by atoms with Crippen LogP contribution in [0.3, 0.4) is 0 Å². The molecule has 6 heteroatoms. The molecule has 0 unspecified atom stereocenters. The SMILES string of the molecule is CCOP(=O)(NCN)OCC. The first-order valence-electron chi connectivity index (χ1n) is 3.52. The monoisotopic (exact) mass is 182 g/mol. The third-order valence-electron chi connectivity index (χ3n) is 0.883. The average molecular weight is 182 g/mol. The molecule has 11 heavy (non-hydrogen) atoms. The molecule has 0 saturated carbocycles. The van der Waals surface area contributed by atoms with Crippen molar-refractivity contribution in [3.63, 3.8) is 0 Å². The first kappa shape index (κ1) is 11.1. The van der Waals surface area contributed by atoms with Gasteiger partial charge in [0.1, 0.15) is 0 Å². The van der Waals surface area contributed by atoms with Crippen LogP contribution in [0.1, 0.15) is 13.8 Å². The predicted molar refractivity (Wildman–Crippen MR) is 43.0 cm³/mol. The second-order valence-corrected chi connectivity index (χ2v) is 3.52. The van der Waals surface area contributed by atoms with Gasteiger partial charge in [-0.3, -0.25) is 9.05 Å². The Morgan fingerprint density at radius 1 is 1.36 bits per heavy atom. The van der Waals surface area contributed by atoms with Crippen LogP contribution in [0.5, 0.6) is 0 Å². The van der Waals surface area contributed by atoms with Crippen LogP contribution in [0.25, 0.3) is 0 Å². The Morgan fingerprint density at radius 3 is 2.09 bits per heavy atom. The maximum atomic E-state index is 11.4. The summed E-state index contributed by atoms with van der Waals surface area (Å²) in [6.07, 6.45) is 0. The van der Waals surface area contributed by atoms with E-state index in [2.05, 4.69) is 5.09 Å². The molecule has 0 aromatic carbocycles. The molecule has 0 spiro atoms. The van der Waals surface area contributed by atoms with Crippen LogP contribution in [0.15, 0.2) is 0 Å². The largest absolute Gasteiger partial charge is 0.406 e. The Hall–Kier alpha value is 0.0700. The molecule has 0 aromatic heterocycles. The van der Waals surface area contributed by atoms with Gasteiger partial charge >= 0.3 is 7.75 Å². The summed E-state index contributed by atoms with van der Waals surface area (Å²) >= 11 is 0. The fourth-order valence-corrected chi connectivity index (χ4v) is 1.74. The predicted octanol–water partition coefficient (Wildman–Crippen LogP) is 0.673. The third kappa shape index (κ3) is 4.50. The molecule has 0 atom stereocenters. The topological polar surface area (TPSA) is 73.6 Å². The summed E-state index contributed by atoms with van der Waals surface area (Å²) in [7, 11) is -3.09. The number of hydrogen-bond acceptors (Lipinski definition) is 4. The molecule has 0 fully saturated rings. The van der Waals surface area contributed by atoms with Gasteiger partial charge in [0.15, 0.2) is 0 Å². The van der Waals surface area contributed by atoms with Gasteiger partial charge in [-0.15, -0.1) is 0 Å². The van der Waals surface area contributed by atoms with E-state index in [1.54, 1.807) is 13.8 Å². The maximum absolute atomic E-state index is 11.4. The van der Waals surface area contributed by atoms with E-state index < -0.39 is 7.75 Å². The summed E-state index contributed by atoms with van der Waals surface area (Å²) < 4.78 is 21.1. The van der Waals surface area contributed by atoms with E-state index >= 15 is 0 Å². The fraction of sp³-hybridized carbons (Fsp3) is 1.00. The lowest BCUT2D eigenvalue weighted by Crippen LogP contribution is -2.21. The molecule has 0 saturated heterocycles. The van der Waals surface area contributed by atoms with Crippen LogP contribution in [0.4, 0.5) is 0 Å². The third-order valence-corrected chi connectivity index (χ3v) is 2.65. The van der Waals surface area contributed by atoms with Gasteiger partial charge in [0.2, 0.25) is 0 Å². The lowest BCUT2D eigenvalue weighted by atomic mass is 10.9. The molecule has 0 aromatic rings. The van der Waals surface area contributed by atoms with Crippen molar-refractivity contribution in [2.24, 2.45) is 5.73 Å².